The van der Waals surface area contributed by atoms with Gasteiger partial charge < -0.3 is 15.0 Å². The van der Waals surface area contributed by atoms with Crippen molar-refractivity contribution in [1.29, 1.82) is 0 Å². The Morgan fingerprint density at radius 3 is 2.83 bits per heavy atom. The highest BCUT2D eigenvalue weighted by Gasteiger charge is 2.30. The second kappa shape index (κ2) is 6.58. The summed E-state index contributed by atoms with van der Waals surface area (Å²) in [5.74, 6) is 1.97. The lowest BCUT2D eigenvalue weighted by Gasteiger charge is -2.37. The van der Waals surface area contributed by atoms with Crippen LogP contribution in [0.3, 0.4) is 0 Å². The molecule has 4 rings (SSSR count). The zero-order valence-electron chi connectivity index (χ0n) is 14.6. The van der Waals surface area contributed by atoms with E-state index in [4.69, 9.17) is 4.74 Å². The van der Waals surface area contributed by atoms with Crippen LogP contribution in [0.1, 0.15) is 42.5 Å². The zero-order valence-corrected chi connectivity index (χ0v) is 14.6. The van der Waals surface area contributed by atoms with Crippen LogP contribution in [0, 0.1) is 6.92 Å². The van der Waals surface area contributed by atoms with E-state index in [0.717, 1.165) is 24.6 Å². The van der Waals surface area contributed by atoms with E-state index in [1.54, 1.807) is 0 Å². The lowest BCUT2D eigenvalue weighted by atomic mass is 9.92. The van der Waals surface area contributed by atoms with Crippen LogP contribution in [0.4, 0.5) is 0 Å². The summed E-state index contributed by atoms with van der Waals surface area (Å²) >= 11 is 0. The van der Waals surface area contributed by atoms with Gasteiger partial charge >= 0.3 is 0 Å². The predicted octanol–water partition coefficient (Wildman–Crippen LogP) is 4.26. The van der Waals surface area contributed by atoms with Crippen LogP contribution < -0.4 is 10.1 Å². The molecule has 2 atom stereocenters. The van der Waals surface area contributed by atoms with Crippen LogP contribution >= 0.6 is 0 Å². The van der Waals surface area contributed by atoms with Gasteiger partial charge in [0.25, 0.3) is 0 Å². The number of hydrogen-bond donors (Lipinski definition) is 1. The number of fused-ring (bicyclic) bond motifs is 2. The quantitative estimate of drug-likeness (QED) is 0.913. The van der Waals surface area contributed by atoms with Gasteiger partial charge in [-0.3, -0.25) is 0 Å². The van der Waals surface area contributed by atoms with Gasteiger partial charge in [-0.15, -0.1) is 0 Å². The highest BCUT2D eigenvalue weighted by atomic mass is 16.5. The molecule has 0 aromatic heterocycles. The third-order valence-electron chi connectivity index (χ3n) is 5.28. The van der Waals surface area contributed by atoms with E-state index in [-0.39, 0.29) is 6.04 Å². The summed E-state index contributed by atoms with van der Waals surface area (Å²) in [6, 6.07) is 15.7. The van der Waals surface area contributed by atoms with Crippen LogP contribution in [0.25, 0.3) is 0 Å². The molecule has 1 fully saturated rings. The number of likely N-dealkylation sites (N-methyl/N-ethyl adjacent to an activating group) is 1. The zero-order chi connectivity index (χ0) is 16.5. The molecule has 1 N–H and O–H groups in total. The molecule has 2 aliphatic rings. The fourth-order valence-electron chi connectivity index (χ4n) is 3.98. The van der Waals surface area contributed by atoms with Crippen molar-refractivity contribution < 1.29 is 4.74 Å². The molecule has 3 nitrogen and oxygen atoms in total. The van der Waals surface area contributed by atoms with Gasteiger partial charge in [0.1, 0.15) is 11.5 Å². The van der Waals surface area contributed by atoms with Gasteiger partial charge in [-0.2, -0.15) is 0 Å². The molecule has 2 heterocycles. The second-order valence-corrected chi connectivity index (χ2v) is 7.01. The number of ether oxygens (including phenoxy) is 1. The molecule has 0 saturated carbocycles. The standard InChI is InChI=1S/C21H26N2O/c1-3-23-12-6-7-16(14-23)22-21-17-8-4-5-9-19(17)24-20-11-10-15(2)13-18(20)21/h4-5,8-11,13,16,21-22H,3,6-7,12,14H2,1-2H3. The molecular weight excluding hydrogens is 296 g/mol. The van der Waals surface area contributed by atoms with Crippen molar-refractivity contribution in [3.8, 4) is 11.5 Å². The summed E-state index contributed by atoms with van der Waals surface area (Å²) in [6.45, 7) is 7.91. The number of likely N-dealkylation sites (tertiary alicyclic amines) is 1. The van der Waals surface area contributed by atoms with E-state index in [1.807, 2.05) is 0 Å². The number of nitrogens with zero attached hydrogens (tertiary/aromatic N) is 1. The summed E-state index contributed by atoms with van der Waals surface area (Å²) in [4.78, 5) is 2.55. The number of benzene rings is 2. The maximum atomic E-state index is 6.14. The topological polar surface area (TPSA) is 24.5 Å². The summed E-state index contributed by atoms with van der Waals surface area (Å²) in [5, 5.41) is 3.94. The maximum absolute atomic E-state index is 6.14. The SMILES string of the molecule is CCN1CCCC(NC2c3ccccc3Oc3ccc(C)cc32)C1. The number of aryl methyl sites for hydroxylation is 1. The lowest BCUT2D eigenvalue weighted by Crippen LogP contribution is -2.47. The van der Waals surface area contributed by atoms with Gasteiger partial charge in [0, 0.05) is 23.7 Å². The number of rotatable bonds is 3. The summed E-state index contributed by atoms with van der Waals surface area (Å²) < 4.78 is 6.14. The van der Waals surface area contributed by atoms with Crippen molar-refractivity contribution in [3.05, 3.63) is 59.2 Å². The Morgan fingerprint density at radius 1 is 1.12 bits per heavy atom. The first-order chi connectivity index (χ1) is 11.7. The van der Waals surface area contributed by atoms with Gasteiger partial charge in [-0.1, -0.05) is 42.8 Å². The molecule has 24 heavy (non-hydrogen) atoms. The minimum Gasteiger partial charge on any atom is -0.457 e. The van der Waals surface area contributed by atoms with E-state index in [1.165, 1.54) is 36.1 Å². The van der Waals surface area contributed by atoms with Crippen molar-refractivity contribution in [2.24, 2.45) is 0 Å². The molecule has 3 heteroatoms. The Balaban J connectivity index is 1.67. The Kier molecular flexibility index (Phi) is 4.30. The largest absolute Gasteiger partial charge is 0.457 e. The van der Waals surface area contributed by atoms with Crippen LogP contribution in [-0.4, -0.2) is 30.6 Å². The highest BCUT2D eigenvalue weighted by Crippen LogP contribution is 2.43. The van der Waals surface area contributed by atoms with E-state index >= 15 is 0 Å². The van der Waals surface area contributed by atoms with Crippen molar-refractivity contribution in [2.45, 2.75) is 38.8 Å². The van der Waals surface area contributed by atoms with E-state index in [9.17, 15) is 0 Å². The van der Waals surface area contributed by atoms with E-state index in [0.29, 0.717) is 6.04 Å². The fraction of sp³-hybridized carbons (Fsp3) is 0.429. The predicted molar refractivity (Wildman–Crippen MR) is 97.8 cm³/mol. The third kappa shape index (κ3) is 2.94. The van der Waals surface area contributed by atoms with Crippen LogP contribution in [0.5, 0.6) is 11.5 Å². The molecule has 0 amide bonds. The van der Waals surface area contributed by atoms with Gasteiger partial charge in [0.2, 0.25) is 0 Å². The molecule has 1 saturated heterocycles. The van der Waals surface area contributed by atoms with Crippen LogP contribution in [-0.2, 0) is 0 Å². The molecule has 0 radical (unpaired) electrons. The minimum absolute atomic E-state index is 0.214. The average Bonchev–Trinajstić information content (AvgIpc) is 2.62. The fourth-order valence-corrected chi connectivity index (χ4v) is 3.98. The molecule has 2 aromatic carbocycles. The van der Waals surface area contributed by atoms with E-state index < -0.39 is 0 Å². The average molecular weight is 322 g/mol. The summed E-state index contributed by atoms with van der Waals surface area (Å²) in [6.07, 6.45) is 2.52. The van der Waals surface area contributed by atoms with Crippen molar-refractivity contribution in [3.63, 3.8) is 0 Å². The maximum Gasteiger partial charge on any atom is 0.132 e. The van der Waals surface area contributed by atoms with Crippen molar-refractivity contribution in [2.75, 3.05) is 19.6 Å². The molecule has 126 valence electrons. The molecule has 2 aliphatic heterocycles. The summed E-state index contributed by atoms with van der Waals surface area (Å²) in [7, 11) is 0. The smallest absolute Gasteiger partial charge is 0.132 e. The summed E-state index contributed by atoms with van der Waals surface area (Å²) in [5.41, 5.74) is 3.80. The van der Waals surface area contributed by atoms with Gasteiger partial charge in [-0.25, -0.2) is 0 Å². The van der Waals surface area contributed by atoms with Gasteiger partial charge in [0.05, 0.1) is 6.04 Å². The van der Waals surface area contributed by atoms with Crippen LogP contribution in [0.15, 0.2) is 42.5 Å². The normalized spacial score (nSPS) is 23.2. The first-order valence-electron chi connectivity index (χ1n) is 9.10. The van der Waals surface area contributed by atoms with E-state index in [2.05, 4.69) is 66.5 Å². The first kappa shape index (κ1) is 15.7. The van der Waals surface area contributed by atoms with Crippen molar-refractivity contribution in [1.82, 2.24) is 10.2 Å². The molecule has 2 unspecified atom stereocenters. The number of piperidine rings is 1. The Labute approximate surface area is 144 Å². The third-order valence-corrected chi connectivity index (χ3v) is 5.28. The molecule has 0 bridgehead atoms. The monoisotopic (exact) mass is 322 g/mol. The van der Waals surface area contributed by atoms with Crippen molar-refractivity contribution >= 4 is 0 Å². The Bertz CT molecular complexity index is 728. The Morgan fingerprint density at radius 2 is 1.96 bits per heavy atom. The minimum atomic E-state index is 0.214. The molecule has 2 aromatic rings. The number of nitrogens with one attached hydrogen (secondary N) is 1. The number of para-hydroxylation sites is 1. The second-order valence-electron chi connectivity index (χ2n) is 7.01. The van der Waals surface area contributed by atoms with Crippen LogP contribution in [0.2, 0.25) is 0 Å². The highest BCUT2D eigenvalue weighted by molar-refractivity contribution is 5.54. The molecule has 0 aliphatic carbocycles. The molecular formula is C21H26N2O. The lowest BCUT2D eigenvalue weighted by molar-refractivity contribution is 0.192. The first-order valence-corrected chi connectivity index (χ1v) is 9.10. The molecule has 0 spiro atoms. The number of hydrogen-bond acceptors (Lipinski definition) is 3. The van der Waals surface area contributed by atoms with Gasteiger partial charge in [-0.05, 0) is 45.0 Å². The van der Waals surface area contributed by atoms with Gasteiger partial charge in [0.15, 0.2) is 0 Å². The Hall–Kier alpha value is -1.84.